The first kappa shape index (κ1) is 27.4. The lowest BCUT2D eigenvalue weighted by Gasteiger charge is -2.40. The number of nitrogens with zero attached hydrogens (tertiary/aromatic N) is 2. The highest BCUT2D eigenvalue weighted by Crippen LogP contribution is 2.43. The molecule has 204 valence electrons. The standard InChI is InChI=1S/C34H42N4S/c1-3-4-14-26(2)34(28-15-8-5-9-16-28,29-17-10-6-11-18-29)38-25-36-31-23-27(21-22-32(31)38)24-35-33(39)37-30-19-12-7-13-20-30/h3-6,8-11,14-18,25,27,30H,7,12-13,19-24H2,1-2H3,(H2,35,37,39)/b4-3-,26-14+. The van der Waals surface area contributed by atoms with Crippen LogP contribution >= 0.6 is 12.2 Å². The second kappa shape index (κ2) is 12.8. The van der Waals surface area contributed by atoms with Gasteiger partial charge in [0.05, 0.1) is 12.0 Å². The first-order valence-corrected chi connectivity index (χ1v) is 15.0. The molecule has 39 heavy (non-hydrogen) atoms. The van der Waals surface area contributed by atoms with Crippen LogP contribution < -0.4 is 10.6 Å². The van der Waals surface area contributed by atoms with E-state index in [1.165, 1.54) is 60.2 Å². The van der Waals surface area contributed by atoms with Crippen molar-refractivity contribution in [1.29, 1.82) is 0 Å². The number of fused-ring (bicyclic) bond motifs is 1. The first-order valence-electron chi connectivity index (χ1n) is 14.6. The minimum atomic E-state index is -0.473. The molecule has 1 unspecified atom stereocenters. The van der Waals surface area contributed by atoms with E-state index in [1.54, 1.807) is 0 Å². The summed E-state index contributed by atoms with van der Waals surface area (Å²) in [4.78, 5) is 5.05. The van der Waals surface area contributed by atoms with Crippen LogP contribution in [0.3, 0.4) is 0 Å². The molecule has 1 saturated carbocycles. The van der Waals surface area contributed by atoms with Gasteiger partial charge in [0.2, 0.25) is 0 Å². The van der Waals surface area contributed by atoms with E-state index in [2.05, 4.69) is 114 Å². The fourth-order valence-corrected chi connectivity index (χ4v) is 6.81. The molecule has 3 aromatic rings. The second-order valence-corrected chi connectivity index (χ2v) is 11.5. The van der Waals surface area contributed by atoms with Gasteiger partial charge in [0.25, 0.3) is 0 Å². The van der Waals surface area contributed by atoms with Crippen molar-refractivity contribution in [2.45, 2.75) is 76.8 Å². The predicted octanol–water partition coefficient (Wildman–Crippen LogP) is 7.10. The van der Waals surface area contributed by atoms with Crippen LogP contribution in [0.2, 0.25) is 0 Å². The van der Waals surface area contributed by atoms with Crippen LogP contribution in [0.25, 0.3) is 0 Å². The van der Waals surface area contributed by atoms with Crippen molar-refractivity contribution in [3.05, 3.63) is 113 Å². The molecule has 0 spiro atoms. The van der Waals surface area contributed by atoms with Crippen LogP contribution in [0.15, 0.2) is 90.8 Å². The van der Waals surface area contributed by atoms with Crippen molar-refractivity contribution in [1.82, 2.24) is 20.2 Å². The largest absolute Gasteiger partial charge is 0.362 e. The van der Waals surface area contributed by atoms with Crippen molar-refractivity contribution in [2.24, 2.45) is 5.92 Å². The highest BCUT2D eigenvalue weighted by molar-refractivity contribution is 7.80. The summed E-state index contributed by atoms with van der Waals surface area (Å²) in [5.41, 5.74) is 5.85. The van der Waals surface area contributed by atoms with Gasteiger partial charge in [-0.1, -0.05) is 98.2 Å². The van der Waals surface area contributed by atoms with Gasteiger partial charge < -0.3 is 15.2 Å². The van der Waals surface area contributed by atoms with E-state index >= 15 is 0 Å². The van der Waals surface area contributed by atoms with Crippen molar-refractivity contribution in [2.75, 3.05) is 6.54 Å². The normalized spacial score (nSPS) is 18.6. The Kier molecular flexibility index (Phi) is 8.98. The van der Waals surface area contributed by atoms with Crippen molar-refractivity contribution in [3.63, 3.8) is 0 Å². The zero-order valence-corrected chi connectivity index (χ0v) is 24.2. The lowest BCUT2D eigenvalue weighted by atomic mass is 9.76. The summed E-state index contributed by atoms with van der Waals surface area (Å²) in [5, 5.41) is 7.90. The maximum atomic E-state index is 5.65. The molecule has 2 aliphatic carbocycles. The Morgan fingerprint density at radius 1 is 1.00 bits per heavy atom. The fourth-order valence-electron chi connectivity index (χ4n) is 6.56. The zero-order valence-electron chi connectivity index (χ0n) is 23.4. The number of imidazole rings is 1. The van der Waals surface area contributed by atoms with Gasteiger partial charge in [-0.15, -0.1) is 0 Å². The Bertz CT molecular complexity index is 1250. The molecular weight excluding hydrogens is 496 g/mol. The van der Waals surface area contributed by atoms with E-state index < -0.39 is 5.54 Å². The Morgan fingerprint density at radius 3 is 2.31 bits per heavy atom. The average molecular weight is 539 g/mol. The Labute approximate surface area is 239 Å². The molecule has 0 amide bonds. The van der Waals surface area contributed by atoms with Crippen LogP contribution in [-0.4, -0.2) is 27.3 Å². The third-order valence-corrected chi connectivity index (χ3v) is 8.83. The quantitative estimate of drug-likeness (QED) is 0.237. The van der Waals surface area contributed by atoms with Crippen LogP contribution in [0.4, 0.5) is 0 Å². The molecule has 2 aliphatic rings. The molecule has 0 radical (unpaired) electrons. The maximum absolute atomic E-state index is 5.65. The number of hydrogen-bond donors (Lipinski definition) is 2. The van der Waals surface area contributed by atoms with Crippen molar-refractivity contribution >= 4 is 17.3 Å². The number of benzene rings is 2. The molecule has 4 nitrogen and oxygen atoms in total. The van der Waals surface area contributed by atoms with E-state index in [0.29, 0.717) is 12.0 Å². The van der Waals surface area contributed by atoms with E-state index in [4.69, 9.17) is 17.2 Å². The number of rotatable bonds is 8. The predicted molar refractivity (Wildman–Crippen MR) is 166 cm³/mol. The van der Waals surface area contributed by atoms with Gasteiger partial charge in [-0.3, -0.25) is 0 Å². The summed E-state index contributed by atoms with van der Waals surface area (Å²) in [6.07, 6.45) is 18.1. The number of nitrogens with one attached hydrogen (secondary N) is 2. The fraction of sp³-hybridized carbons (Fsp3) is 0.412. The summed E-state index contributed by atoms with van der Waals surface area (Å²) in [5.74, 6) is 0.523. The average Bonchev–Trinajstić information content (AvgIpc) is 3.40. The van der Waals surface area contributed by atoms with Crippen LogP contribution in [0, 0.1) is 5.92 Å². The van der Waals surface area contributed by atoms with Gasteiger partial charge in [0.1, 0.15) is 5.54 Å². The SMILES string of the molecule is C/C=C\C=C(/C)C(c1ccccc1)(c1ccccc1)n1cnc2c1CCC(CNC(=S)NC1CCCCC1)C2. The van der Waals surface area contributed by atoms with Gasteiger partial charge in [-0.2, -0.15) is 0 Å². The topological polar surface area (TPSA) is 41.9 Å². The molecule has 1 fully saturated rings. The van der Waals surface area contributed by atoms with Crippen molar-refractivity contribution in [3.8, 4) is 0 Å². The van der Waals surface area contributed by atoms with Crippen LogP contribution in [0.1, 0.15) is 74.9 Å². The van der Waals surface area contributed by atoms with Gasteiger partial charge in [-0.25, -0.2) is 4.98 Å². The molecule has 2 N–H and O–H groups in total. The molecule has 5 heteroatoms. The lowest BCUT2D eigenvalue weighted by Crippen LogP contribution is -2.44. The van der Waals surface area contributed by atoms with E-state index in [9.17, 15) is 0 Å². The van der Waals surface area contributed by atoms with Crippen LogP contribution in [0.5, 0.6) is 0 Å². The van der Waals surface area contributed by atoms with Gasteiger partial charge >= 0.3 is 0 Å². The van der Waals surface area contributed by atoms with Gasteiger partial charge in [-0.05, 0) is 80.8 Å². The number of aromatic nitrogens is 2. The van der Waals surface area contributed by atoms with E-state index in [0.717, 1.165) is 30.9 Å². The number of thiocarbonyl (C=S) groups is 1. The maximum Gasteiger partial charge on any atom is 0.166 e. The summed E-state index contributed by atoms with van der Waals surface area (Å²) in [7, 11) is 0. The minimum Gasteiger partial charge on any atom is -0.362 e. The Morgan fingerprint density at radius 2 is 1.67 bits per heavy atom. The molecule has 1 atom stereocenters. The molecule has 2 aromatic carbocycles. The van der Waals surface area contributed by atoms with E-state index in [1.807, 2.05) is 0 Å². The molecule has 0 bridgehead atoms. The third-order valence-electron chi connectivity index (χ3n) is 8.57. The highest BCUT2D eigenvalue weighted by atomic mass is 32.1. The molecule has 0 saturated heterocycles. The summed E-state index contributed by atoms with van der Waals surface area (Å²) >= 11 is 5.65. The second-order valence-electron chi connectivity index (χ2n) is 11.1. The van der Waals surface area contributed by atoms with Crippen LogP contribution in [-0.2, 0) is 18.4 Å². The first-order chi connectivity index (χ1) is 19.1. The monoisotopic (exact) mass is 538 g/mol. The zero-order chi connectivity index (χ0) is 27.1. The highest BCUT2D eigenvalue weighted by Gasteiger charge is 2.40. The molecule has 1 heterocycles. The molecule has 5 rings (SSSR count). The minimum absolute atomic E-state index is 0.473. The summed E-state index contributed by atoms with van der Waals surface area (Å²) < 4.78 is 2.46. The molecule has 1 aromatic heterocycles. The third kappa shape index (κ3) is 5.89. The summed E-state index contributed by atoms with van der Waals surface area (Å²) in [6, 6.07) is 22.3. The van der Waals surface area contributed by atoms with Gasteiger partial charge in [0, 0.05) is 18.3 Å². The van der Waals surface area contributed by atoms with Gasteiger partial charge in [0.15, 0.2) is 5.11 Å². The van der Waals surface area contributed by atoms with Crippen molar-refractivity contribution < 1.29 is 0 Å². The summed E-state index contributed by atoms with van der Waals surface area (Å²) in [6.45, 7) is 5.22. The smallest absolute Gasteiger partial charge is 0.166 e. The Balaban J connectivity index is 1.43. The Hall–Kier alpha value is -3.18. The molecule has 0 aliphatic heterocycles. The van der Waals surface area contributed by atoms with E-state index in [-0.39, 0.29) is 0 Å². The molecular formula is C34H42N4S. The lowest BCUT2D eigenvalue weighted by molar-refractivity contribution is 0.402. The number of hydrogen-bond acceptors (Lipinski definition) is 2. The number of allylic oxidation sites excluding steroid dienone is 4.